The van der Waals surface area contributed by atoms with Crippen molar-refractivity contribution in [2.24, 2.45) is 0 Å². The van der Waals surface area contributed by atoms with E-state index < -0.39 is 0 Å². The molecule has 0 atom stereocenters. The standard InChI is InChI=1S/C8H17NO3/c1-12-7-3-5-9-8(11)4-2-6-10/h10H,2-7H2,1H3,(H,9,11). The quantitative estimate of drug-likeness (QED) is 0.532. The number of ether oxygens (including phenoxy) is 1. The second-order valence-corrected chi connectivity index (χ2v) is 2.52. The van der Waals surface area contributed by atoms with Gasteiger partial charge in [0.2, 0.25) is 5.91 Å². The number of aliphatic hydroxyl groups excluding tert-OH is 1. The Morgan fingerprint density at radius 3 is 2.83 bits per heavy atom. The normalized spacial score (nSPS) is 9.83. The van der Waals surface area contributed by atoms with E-state index in [0.29, 0.717) is 26.0 Å². The van der Waals surface area contributed by atoms with Crippen LogP contribution in [0.4, 0.5) is 0 Å². The highest BCUT2D eigenvalue weighted by Gasteiger charge is 1.98. The summed E-state index contributed by atoms with van der Waals surface area (Å²) in [6.45, 7) is 1.39. The van der Waals surface area contributed by atoms with E-state index in [1.165, 1.54) is 0 Å². The van der Waals surface area contributed by atoms with Crippen molar-refractivity contribution in [2.75, 3.05) is 26.9 Å². The van der Waals surface area contributed by atoms with E-state index in [4.69, 9.17) is 9.84 Å². The molecule has 0 heterocycles. The van der Waals surface area contributed by atoms with Crippen molar-refractivity contribution in [3.05, 3.63) is 0 Å². The second kappa shape index (κ2) is 8.49. The Bertz CT molecular complexity index is 117. The van der Waals surface area contributed by atoms with Crippen LogP contribution in [-0.2, 0) is 9.53 Å². The van der Waals surface area contributed by atoms with Crippen molar-refractivity contribution >= 4 is 5.91 Å². The molecule has 0 saturated heterocycles. The van der Waals surface area contributed by atoms with Gasteiger partial charge < -0.3 is 15.2 Å². The van der Waals surface area contributed by atoms with Gasteiger partial charge in [-0.1, -0.05) is 0 Å². The first-order valence-corrected chi connectivity index (χ1v) is 4.17. The van der Waals surface area contributed by atoms with Crippen LogP contribution in [0.15, 0.2) is 0 Å². The first kappa shape index (κ1) is 11.4. The summed E-state index contributed by atoms with van der Waals surface area (Å²) >= 11 is 0. The minimum absolute atomic E-state index is 0.000142. The molecule has 0 bridgehead atoms. The van der Waals surface area contributed by atoms with Gasteiger partial charge in [0.1, 0.15) is 0 Å². The van der Waals surface area contributed by atoms with Crippen LogP contribution >= 0.6 is 0 Å². The van der Waals surface area contributed by atoms with Crippen molar-refractivity contribution in [2.45, 2.75) is 19.3 Å². The second-order valence-electron chi connectivity index (χ2n) is 2.52. The van der Waals surface area contributed by atoms with Crippen molar-refractivity contribution in [1.82, 2.24) is 5.32 Å². The maximum atomic E-state index is 10.9. The molecule has 72 valence electrons. The van der Waals surface area contributed by atoms with Crippen molar-refractivity contribution in [3.63, 3.8) is 0 Å². The van der Waals surface area contributed by atoms with E-state index in [1.54, 1.807) is 7.11 Å². The number of hydrogen-bond acceptors (Lipinski definition) is 3. The third-order valence-electron chi connectivity index (χ3n) is 1.41. The lowest BCUT2D eigenvalue weighted by Gasteiger charge is -2.03. The summed E-state index contributed by atoms with van der Waals surface area (Å²) in [5, 5.41) is 11.1. The molecule has 0 aromatic rings. The van der Waals surface area contributed by atoms with E-state index >= 15 is 0 Å². The summed E-state index contributed by atoms with van der Waals surface area (Å²) in [5.41, 5.74) is 0. The molecular weight excluding hydrogens is 158 g/mol. The number of rotatable bonds is 7. The highest BCUT2D eigenvalue weighted by molar-refractivity contribution is 5.75. The maximum Gasteiger partial charge on any atom is 0.220 e. The SMILES string of the molecule is COCCCNC(=O)CCCO. The Morgan fingerprint density at radius 1 is 1.50 bits per heavy atom. The zero-order valence-electron chi connectivity index (χ0n) is 7.51. The van der Waals surface area contributed by atoms with Crippen LogP contribution in [0.2, 0.25) is 0 Å². The Hall–Kier alpha value is -0.610. The summed E-state index contributed by atoms with van der Waals surface area (Å²) in [4.78, 5) is 10.9. The fourth-order valence-corrected chi connectivity index (χ4v) is 0.772. The molecule has 0 aromatic carbocycles. The Balaban J connectivity index is 3.08. The molecule has 0 saturated carbocycles. The summed E-state index contributed by atoms with van der Waals surface area (Å²) < 4.78 is 4.81. The van der Waals surface area contributed by atoms with Crippen molar-refractivity contribution in [1.29, 1.82) is 0 Å². The molecule has 12 heavy (non-hydrogen) atoms. The summed E-state index contributed by atoms with van der Waals surface area (Å²) in [6.07, 6.45) is 1.78. The topological polar surface area (TPSA) is 58.6 Å². The van der Waals surface area contributed by atoms with Crippen LogP contribution in [0.5, 0.6) is 0 Å². The average molecular weight is 175 g/mol. The van der Waals surface area contributed by atoms with Crippen LogP contribution in [-0.4, -0.2) is 37.9 Å². The zero-order valence-corrected chi connectivity index (χ0v) is 7.51. The Kier molecular flexibility index (Phi) is 8.05. The number of aliphatic hydroxyl groups is 1. The van der Waals surface area contributed by atoms with E-state index in [9.17, 15) is 4.79 Å². The highest BCUT2D eigenvalue weighted by Crippen LogP contribution is 1.86. The molecule has 0 unspecified atom stereocenters. The van der Waals surface area contributed by atoms with Crippen LogP contribution < -0.4 is 5.32 Å². The van der Waals surface area contributed by atoms with Gasteiger partial charge in [0.15, 0.2) is 0 Å². The van der Waals surface area contributed by atoms with Crippen molar-refractivity contribution in [3.8, 4) is 0 Å². The lowest BCUT2D eigenvalue weighted by molar-refractivity contribution is -0.121. The molecule has 2 N–H and O–H groups in total. The summed E-state index contributed by atoms with van der Waals surface area (Å²) in [6, 6.07) is 0. The Morgan fingerprint density at radius 2 is 2.25 bits per heavy atom. The first-order valence-electron chi connectivity index (χ1n) is 4.17. The molecule has 0 rings (SSSR count). The van der Waals surface area contributed by atoms with Gasteiger partial charge in [0.25, 0.3) is 0 Å². The van der Waals surface area contributed by atoms with Gasteiger partial charge in [-0.15, -0.1) is 0 Å². The Labute approximate surface area is 72.9 Å². The van der Waals surface area contributed by atoms with Crippen molar-refractivity contribution < 1.29 is 14.6 Å². The fraction of sp³-hybridized carbons (Fsp3) is 0.875. The minimum atomic E-state index is 0.000142. The van der Waals surface area contributed by atoms with E-state index in [1.807, 2.05) is 0 Å². The molecule has 4 heteroatoms. The summed E-state index contributed by atoms with van der Waals surface area (Å²) in [5.74, 6) is 0.000142. The molecular formula is C8H17NO3. The van der Waals surface area contributed by atoms with E-state index in [-0.39, 0.29) is 12.5 Å². The molecule has 0 aliphatic heterocycles. The van der Waals surface area contributed by atoms with Crippen LogP contribution in [0.25, 0.3) is 0 Å². The smallest absolute Gasteiger partial charge is 0.220 e. The first-order chi connectivity index (χ1) is 5.81. The predicted octanol–water partition coefficient (Wildman–Crippen LogP) is -0.0884. The van der Waals surface area contributed by atoms with E-state index in [2.05, 4.69) is 5.32 Å². The van der Waals surface area contributed by atoms with Crippen LogP contribution in [0, 0.1) is 0 Å². The molecule has 4 nitrogen and oxygen atoms in total. The zero-order chi connectivity index (χ0) is 9.23. The highest BCUT2D eigenvalue weighted by atomic mass is 16.5. The van der Waals surface area contributed by atoms with Gasteiger partial charge >= 0.3 is 0 Å². The lowest BCUT2D eigenvalue weighted by atomic mass is 10.3. The maximum absolute atomic E-state index is 10.9. The molecule has 0 spiro atoms. The number of carbonyl (C=O) groups is 1. The minimum Gasteiger partial charge on any atom is -0.396 e. The number of methoxy groups -OCH3 is 1. The van der Waals surface area contributed by atoms with Crippen LogP contribution in [0.1, 0.15) is 19.3 Å². The van der Waals surface area contributed by atoms with Gasteiger partial charge in [-0.3, -0.25) is 4.79 Å². The number of carbonyl (C=O) groups excluding carboxylic acids is 1. The van der Waals surface area contributed by atoms with Gasteiger partial charge in [-0.05, 0) is 12.8 Å². The number of hydrogen-bond donors (Lipinski definition) is 2. The molecule has 0 aliphatic carbocycles. The molecule has 1 amide bonds. The van der Waals surface area contributed by atoms with Crippen LogP contribution in [0.3, 0.4) is 0 Å². The summed E-state index contributed by atoms with van der Waals surface area (Å²) in [7, 11) is 1.63. The molecule has 0 radical (unpaired) electrons. The predicted molar refractivity (Wildman–Crippen MR) is 45.8 cm³/mol. The average Bonchev–Trinajstić information content (AvgIpc) is 2.09. The van der Waals surface area contributed by atoms with Gasteiger partial charge in [-0.25, -0.2) is 0 Å². The monoisotopic (exact) mass is 175 g/mol. The van der Waals surface area contributed by atoms with Gasteiger partial charge in [0.05, 0.1) is 0 Å². The molecule has 0 fully saturated rings. The third-order valence-corrected chi connectivity index (χ3v) is 1.41. The lowest BCUT2D eigenvalue weighted by Crippen LogP contribution is -2.25. The number of amides is 1. The molecule has 0 aromatic heterocycles. The van der Waals surface area contributed by atoms with E-state index in [0.717, 1.165) is 6.42 Å². The fourth-order valence-electron chi connectivity index (χ4n) is 0.772. The number of nitrogens with one attached hydrogen (secondary N) is 1. The molecule has 0 aliphatic rings. The van der Waals surface area contributed by atoms with Gasteiger partial charge in [-0.2, -0.15) is 0 Å². The third kappa shape index (κ3) is 7.50. The largest absolute Gasteiger partial charge is 0.396 e. The van der Waals surface area contributed by atoms with Gasteiger partial charge in [0, 0.05) is 33.3 Å².